The lowest BCUT2D eigenvalue weighted by molar-refractivity contribution is -0.253. The summed E-state index contributed by atoms with van der Waals surface area (Å²) in [5, 5.41) is 2.66. The Hall–Kier alpha value is -3.69. The van der Waals surface area contributed by atoms with Crippen molar-refractivity contribution in [3.63, 3.8) is 0 Å². The molecule has 2 aromatic heterocycles. The molecular weight excluding hydrogens is 464 g/mol. The topological polar surface area (TPSA) is 67.3 Å². The van der Waals surface area contributed by atoms with Gasteiger partial charge in [0.25, 0.3) is 5.91 Å². The van der Waals surface area contributed by atoms with Crippen LogP contribution < -0.4 is 15.0 Å². The number of nitrogens with zero attached hydrogens (tertiary/aromatic N) is 3. The van der Waals surface area contributed by atoms with E-state index in [1.807, 2.05) is 19.1 Å². The summed E-state index contributed by atoms with van der Waals surface area (Å²) in [5.41, 5.74) is 3.04. The molecule has 1 aliphatic rings. The molecule has 35 heavy (non-hydrogen) atoms. The van der Waals surface area contributed by atoms with E-state index in [1.54, 1.807) is 12.3 Å². The first-order chi connectivity index (χ1) is 16.6. The quantitative estimate of drug-likeness (QED) is 0.427. The molecule has 0 saturated carbocycles. The van der Waals surface area contributed by atoms with E-state index in [-0.39, 0.29) is 5.69 Å². The molecule has 1 amide bonds. The van der Waals surface area contributed by atoms with Crippen molar-refractivity contribution in [3.8, 4) is 16.9 Å². The molecule has 10 heteroatoms. The molecule has 1 aromatic carbocycles. The number of amides is 1. The number of ether oxygens (including phenoxy) is 1. The van der Waals surface area contributed by atoms with Gasteiger partial charge in [-0.15, -0.1) is 0 Å². The SMILES string of the molecule is Cc1ccc(-c2cc(C(=O)Nc3ccc(OC(F)(F)C(F)F)cc3)cnc2N2CC[C@@H](C)C2)cn1. The lowest BCUT2D eigenvalue weighted by Crippen LogP contribution is -2.33. The Morgan fingerprint density at radius 3 is 2.49 bits per heavy atom. The van der Waals surface area contributed by atoms with Crippen LogP contribution in [0.1, 0.15) is 29.4 Å². The molecule has 1 atom stereocenters. The molecule has 0 aliphatic carbocycles. The van der Waals surface area contributed by atoms with E-state index in [1.165, 1.54) is 18.3 Å². The first kappa shape index (κ1) is 24.4. The molecule has 3 heterocycles. The number of alkyl halides is 4. The zero-order valence-electron chi connectivity index (χ0n) is 19.1. The summed E-state index contributed by atoms with van der Waals surface area (Å²) >= 11 is 0. The van der Waals surface area contributed by atoms with Gasteiger partial charge in [-0.2, -0.15) is 17.6 Å². The first-order valence-corrected chi connectivity index (χ1v) is 11.1. The zero-order valence-corrected chi connectivity index (χ0v) is 19.1. The molecule has 0 bridgehead atoms. The molecule has 1 fully saturated rings. The van der Waals surface area contributed by atoms with E-state index in [0.29, 0.717) is 11.5 Å². The highest BCUT2D eigenvalue weighted by Crippen LogP contribution is 2.33. The first-order valence-electron chi connectivity index (χ1n) is 11.1. The second-order valence-electron chi connectivity index (χ2n) is 8.57. The van der Waals surface area contributed by atoms with Crippen LogP contribution in [0.5, 0.6) is 5.75 Å². The summed E-state index contributed by atoms with van der Waals surface area (Å²) in [6.45, 7) is 5.80. The summed E-state index contributed by atoms with van der Waals surface area (Å²) in [7, 11) is 0. The molecule has 0 radical (unpaired) electrons. The van der Waals surface area contributed by atoms with Crippen LogP contribution in [0.3, 0.4) is 0 Å². The third-order valence-corrected chi connectivity index (χ3v) is 5.69. The third kappa shape index (κ3) is 5.70. The largest absolute Gasteiger partial charge is 0.461 e. The summed E-state index contributed by atoms with van der Waals surface area (Å²) in [4.78, 5) is 24.1. The van der Waals surface area contributed by atoms with Gasteiger partial charge in [0.15, 0.2) is 0 Å². The third-order valence-electron chi connectivity index (χ3n) is 5.69. The van der Waals surface area contributed by atoms with Crippen molar-refractivity contribution in [1.29, 1.82) is 0 Å². The van der Waals surface area contributed by atoms with Crippen LogP contribution in [-0.4, -0.2) is 41.5 Å². The van der Waals surface area contributed by atoms with E-state index >= 15 is 0 Å². The van der Waals surface area contributed by atoms with Gasteiger partial charge in [-0.1, -0.05) is 13.0 Å². The number of hydrogen-bond donors (Lipinski definition) is 1. The Morgan fingerprint density at radius 2 is 1.89 bits per heavy atom. The monoisotopic (exact) mass is 488 g/mol. The van der Waals surface area contributed by atoms with Gasteiger partial charge in [0.05, 0.1) is 5.56 Å². The molecular formula is C25H24F4N4O2. The number of aromatic nitrogens is 2. The number of nitrogens with one attached hydrogen (secondary N) is 1. The van der Waals surface area contributed by atoms with Crippen LogP contribution in [0.4, 0.5) is 29.1 Å². The minimum atomic E-state index is -4.60. The fourth-order valence-corrected chi connectivity index (χ4v) is 3.81. The van der Waals surface area contributed by atoms with Crippen LogP contribution >= 0.6 is 0 Å². The summed E-state index contributed by atoms with van der Waals surface area (Å²) in [6.07, 6.45) is -4.28. The van der Waals surface area contributed by atoms with Crippen LogP contribution in [-0.2, 0) is 0 Å². The average molecular weight is 488 g/mol. The van der Waals surface area contributed by atoms with Crippen LogP contribution in [0.2, 0.25) is 0 Å². The van der Waals surface area contributed by atoms with Crippen LogP contribution in [0, 0.1) is 12.8 Å². The van der Waals surface area contributed by atoms with Crippen molar-refractivity contribution in [2.45, 2.75) is 32.8 Å². The number of pyridine rings is 2. The van der Waals surface area contributed by atoms with Crippen molar-refractivity contribution in [2.75, 3.05) is 23.3 Å². The number of carbonyl (C=O) groups excluding carboxylic acids is 1. The smallest absolute Gasteiger partial charge is 0.428 e. The zero-order chi connectivity index (χ0) is 25.2. The number of aryl methyl sites for hydroxylation is 1. The van der Waals surface area contributed by atoms with Crippen molar-refractivity contribution >= 4 is 17.4 Å². The van der Waals surface area contributed by atoms with Gasteiger partial charge in [-0.25, -0.2) is 4.98 Å². The van der Waals surface area contributed by atoms with E-state index in [2.05, 4.69) is 31.8 Å². The van der Waals surface area contributed by atoms with Crippen molar-refractivity contribution in [3.05, 3.63) is 66.1 Å². The predicted octanol–water partition coefficient (Wildman–Crippen LogP) is 5.79. The van der Waals surface area contributed by atoms with E-state index < -0.39 is 24.2 Å². The number of carbonyl (C=O) groups is 1. The molecule has 184 valence electrons. The van der Waals surface area contributed by atoms with Crippen LogP contribution in [0.25, 0.3) is 11.1 Å². The Morgan fingerprint density at radius 1 is 1.14 bits per heavy atom. The second kappa shape index (κ2) is 9.89. The maximum atomic E-state index is 13.1. The highest BCUT2D eigenvalue weighted by atomic mass is 19.3. The standard InChI is InChI=1S/C25H24F4N4O2/c1-15-9-10-33(14-15)22-21(17-4-3-16(2)30-12-17)11-18(13-31-22)23(34)32-19-5-7-20(8-6-19)35-25(28,29)24(26)27/h3-8,11-13,15,24H,9-10,14H2,1-2H3,(H,32,34)/t15-/m1/s1. The number of halogens is 4. The summed E-state index contributed by atoms with van der Waals surface area (Å²) < 4.78 is 54.8. The minimum absolute atomic E-state index is 0.277. The van der Waals surface area contributed by atoms with Gasteiger partial charge in [0, 0.05) is 48.0 Å². The lowest BCUT2D eigenvalue weighted by atomic mass is 10.0. The van der Waals surface area contributed by atoms with Gasteiger partial charge in [0.1, 0.15) is 11.6 Å². The summed E-state index contributed by atoms with van der Waals surface area (Å²) in [5.74, 6) is 0.398. The molecule has 1 saturated heterocycles. The maximum absolute atomic E-state index is 13.1. The number of hydrogen-bond acceptors (Lipinski definition) is 5. The van der Waals surface area contributed by atoms with E-state index in [0.717, 1.165) is 54.3 Å². The van der Waals surface area contributed by atoms with Crippen LogP contribution in [0.15, 0.2) is 54.9 Å². The number of anilines is 2. The van der Waals surface area contributed by atoms with Gasteiger partial charge in [0.2, 0.25) is 0 Å². The van der Waals surface area contributed by atoms with E-state index in [4.69, 9.17) is 0 Å². The van der Waals surface area contributed by atoms with E-state index in [9.17, 15) is 22.4 Å². The maximum Gasteiger partial charge on any atom is 0.461 e. The number of benzene rings is 1. The summed E-state index contributed by atoms with van der Waals surface area (Å²) in [6, 6.07) is 10.3. The molecule has 0 unspecified atom stereocenters. The minimum Gasteiger partial charge on any atom is -0.428 e. The van der Waals surface area contributed by atoms with Gasteiger partial charge >= 0.3 is 12.5 Å². The average Bonchev–Trinajstić information content (AvgIpc) is 3.26. The van der Waals surface area contributed by atoms with Crippen molar-refractivity contribution < 1.29 is 27.1 Å². The lowest BCUT2D eigenvalue weighted by Gasteiger charge is -2.21. The normalized spacial score (nSPS) is 16.0. The van der Waals surface area contributed by atoms with Crippen molar-refractivity contribution in [1.82, 2.24) is 9.97 Å². The fraction of sp³-hybridized carbons (Fsp3) is 0.320. The highest BCUT2D eigenvalue weighted by Gasteiger charge is 2.43. The molecule has 3 aromatic rings. The molecule has 4 rings (SSSR count). The predicted molar refractivity (Wildman–Crippen MR) is 124 cm³/mol. The fourth-order valence-electron chi connectivity index (χ4n) is 3.81. The Balaban J connectivity index is 1.56. The molecule has 0 spiro atoms. The number of rotatable bonds is 7. The molecule has 1 aliphatic heterocycles. The van der Waals surface area contributed by atoms with Gasteiger partial charge in [-0.05, 0) is 55.7 Å². The Kier molecular flexibility index (Phi) is 6.90. The Labute approximate surface area is 200 Å². The highest BCUT2D eigenvalue weighted by molar-refractivity contribution is 6.05. The second-order valence-corrected chi connectivity index (χ2v) is 8.57. The van der Waals surface area contributed by atoms with Gasteiger partial charge < -0.3 is 15.0 Å². The molecule has 1 N–H and O–H groups in total. The molecule has 6 nitrogen and oxygen atoms in total. The van der Waals surface area contributed by atoms with Gasteiger partial charge in [-0.3, -0.25) is 9.78 Å². The van der Waals surface area contributed by atoms with Crippen molar-refractivity contribution in [2.24, 2.45) is 5.92 Å². The Bertz CT molecular complexity index is 1190.